The van der Waals surface area contributed by atoms with Crippen LogP contribution in [0.2, 0.25) is 0 Å². The zero-order valence-electron chi connectivity index (χ0n) is 14.0. The Labute approximate surface area is 145 Å². The second kappa shape index (κ2) is 6.28. The number of ether oxygens (including phenoxy) is 1. The lowest BCUT2D eigenvalue weighted by molar-refractivity contribution is -0.136. The van der Waals surface area contributed by atoms with Gasteiger partial charge in [0.2, 0.25) is 0 Å². The Bertz CT molecular complexity index is 809. The predicted octanol–water partition coefficient (Wildman–Crippen LogP) is 3.41. The second-order valence-electron chi connectivity index (χ2n) is 5.64. The highest BCUT2D eigenvalue weighted by Gasteiger charge is 2.42. The number of nitrogens with zero attached hydrogens (tertiary/aromatic N) is 2. The summed E-state index contributed by atoms with van der Waals surface area (Å²) in [6.45, 7) is 5.23. The number of ketones is 1. The van der Waals surface area contributed by atoms with E-state index in [9.17, 15) is 9.59 Å². The van der Waals surface area contributed by atoms with Crippen molar-refractivity contribution in [1.29, 1.82) is 0 Å². The smallest absolute Gasteiger partial charge is 0.338 e. The summed E-state index contributed by atoms with van der Waals surface area (Å²) in [6, 6.07) is 9.37. The summed E-state index contributed by atoms with van der Waals surface area (Å²) in [6.07, 6.45) is 0. The minimum Gasteiger partial charge on any atom is -0.466 e. The van der Waals surface area contributed by atoms with Gasteiger partial charge in [-0.3, -0.25) is 4.79 Å². The van der Waals surface area contributed by atoms with Gasteiger partial charge in [0.25, 0.3) is 0 Å². The topological polar surface area (TPSA) is 59.0 Å². The molecule has 0 saturated carbocycles. The standard InChI is InChI=1S/C18H18N2O3S/c1-10-14(17(22)23-4)15(13-8-6-5-7-9-13)20-11(2)16(12(3)21)24-18(20)19-10/h5-9,15H,1-4H3/t15-/m1/s1. The number of esters is 1. The maximum Gasteiger partial charge on any atom is 0.338 e. The van der Waals surface area contributed by atoms with Crippen molar-refractivity contribution in [2.24, 2.45) is 4.99 Å². The fourth-order valence-corrected chi connectivity index (χ4v) is 4.12. The molecule has 0 aliphatic carbocycles. The van der Waals surface area contributed by atoms with Crippen molar-refractivity contribution in [2.75, 3.05) is 7.11 Å². The monoisotopic (exact) mass is 342 g/mol. The molecule has 1 atom stereocenters. The molecule has 6 heteroatoms. The van der Waals surface area contributed by atoms with E-state index in [0.29, 0.717) is 16.2 Å². The van der Waals surface area contributed by atoms with Crippen LogP contribution in [0.3, 0.4) is 0 Å². The van der Waals surface area contributed by atoms with Crippen LogP contribution in [0.4, 0.5) is 0 Å². The van der Waals surface area contributed by atoms with E-state index in [1.54, 1.807) is 13.8 Å². The lowest BCUT2D eigenvalue weighted by Crippen LogP contribution is -2.35. The molecule has 0 radical (unpaired) electrons. The number of fused-ring (bicyclic) bond motifs is 1. The van der Waals surface area contributed by atoms with E-state index in [-0.39, 0.29) is 11.8 Å². The highest BCUT2D eigenvalue weighted by Crippen LogP contribution is 2.46. The maximum atomic E-state index is 12.4. The first-order valence-electron chi connectivity index (χ1n) is 7.57. The van der Waals surface area contributed by atoms with Gasteiger partial charge in [-0.15, -0.1) is 0 Å². The van der Waals surface area contributed by atoms with E-state index in [4.69, 9.17) is 4.74 Å². The van der Waals surface area contributed by atoms with Gasteiger partial charge in [0.15, 0.2) is 11.0 Å². The normalized spacial score (nSPS) is 20.1. The van der Waals surface area contributed by atoms with Crippen LogP contribution in [0.25, 0.3) is 0 Å². The van der Waals surface area contributed by atoms with Crippen molar-refractivity contribution in [3.05, 3.63) is 57.8 Å². The average molecular weight is 342 g/mol. The number of benzene rings is 1. The molecule has 124 valence electrons. The lowest BCUT2D eigenvalue weighted by atomic mass is 9.94. The van der Waals surface area contributed by atoms with Gasteiger partial charge in [0.1, 0.15) is 0 Å². The van der Waals surface area contributed by atoms with Gasteiger partial charge in [-0.1, -0.05) is 30.3 Å². The van der Waals surface area contributed by atoms with E-state index >= 15 is 0 Å². The predicted molar refractivity (Wildman–Crippen MR) is 94.1 cm³/mol. The summed E-state index contributed by atoms with van der Waals surface area (Å²) >= 11 is 1.35. The molecule has 2 aliphatic heterocycles. The number of Topliss-reactive ketones (excluding diaryl/α,β-unsaturated/α-hetero) is 1. The molecule has 5 nitrogen and oxygen atoms in total. The third-order valence-corrected chi connectivity index (χ3v) is 5.37. The molecule has 0 N–H and O–H groups in total. The minimum atomic E-state index is -0.404. The van der Waals surface area contributed by atoms with E-state index in [0.717, 1.165) is 16.4 Å². The summed E-state index contributed by atoms with van der Waals surface area (Å²) in [5.41, 5.74) is 2.88. The molecule has 2 aliphatic rings. The molecule has 1 aromatic carbocycles. The first-order chi connectivity index (χ1) is 11.5. The summed E-state index contributed by atoms with van der Waals surface area (Å²) < 4.78 is 4.99. The molecule has 0 saturated heterocycles. The Kier molecular flexibility index (Phi) is 4.32. The molecule has 0 amide bonds. The number of aliphatic imine (C=N–C) groups is 1. The van der Waals surface area contributed by atoms with Gasteiger partial charge in [0, 0.05) is 5.70 Å². The highest BCUT2D eigenvalue weighted by atomic mass is 32.2. The number of rotatable bonds is 3. The molecule has 0 unspecified atom stereocenters. The Morgan fingerprint density at radius 3 is 2.46 bits per heavy atom. The van der Waals surface area contributed by atoms with Gasteiger partial charge in [-0.2, -0.15) is 0 Å². The zero-order chi connectivity index (χ0) is 17.4. The quantitative estimate of drug-likeness (QED) is 0.788. The summed E-state index contributed by atoms with van der Waals surface area (Å²) in [5, 5.41) is 0.719. The minimum absolute atomic E-state index is 0.00122. The number of methoxy groups -OCH3 is 1. The number of hydrogen-bond acceptors (Lipinski definition) is 6. The molecular formula is C18H18N2O3S. The number of carbonyl (C=O) groups is 2. The van der Waals surface area contributed by atoms with Gasteiger partial charge in [-0.25, -0.2) is 9.79 Å². The fourth-order valence-electron chi connectivity index (χ4n) is 3.03. The molecule has 0 aromatic heterocycles. The molecule has 0 fully saturated rings. The first kappa shape index (κ1) is 16.5. The Hall–Kier alpha value is -2.34. The van der Waals surface area contributed by atoms with Crippen LogP contribution < -0.4 is 0 Å². The van der Waals surface area contributed by atoms with Crippen molar-refractivity contribution < 1.29 is 14.3 Å². The van der Waals surface area contributed by atoms with E-state index in [1.807, 2.05) is 42.2 Å². The van der Waals surface area contributed by atoms with Crippen molar-refractivity contribution in [3.8, 4) is 0 Å². The molecule has 0 spiro atoms. The van der Waals surface area contributed by atoms with E-state index in [2.05, 4.69) is 4.99 Å². The van der Waals surface area contributed by atoms with Crippen LogP contribution >= 0.6 is 11.8 Å². The number of carbonyl (C=O) groups excluding carboxylic acids is 2. The van der Waals surface area contributed by atoms with Crippen molar-refractivity contribution in [2.45, 2.75) is 26.8 Å². The van der Waals surface area contributed by atoms with Gasteiger partial charge < -0.3 is 9.64 Å². The summed E-state index contributed by atoms with van der Waals surface area (Å²) in [7, 11) is 1.37. The summed E-state index contributed by atoms with van der Waals surface area (Å²) in [5.74, 6) is -0.406. The molecule has 2 heterocycles. The molecule has 1 aromatic rings. The second-order valence-corrected chi connectivity index (χ2v) is 6.62. The van der Waals surface area contributed by atoms with Crippen molar-refractivity contribution in [1.82, 2.24) is 4.90 Å². The Morgan fingerprint density at radius 1 is 1.21 bits per heavy atom. The van der Waals surface area contributed by atoms with Crippen molar-refractivity contribution >= 4 is 28.7 Å². The lowest BCUT2D eigenvalue weighted by Gasteiger charge is -2.35. The van der Waals surface area contributed by atoms with Gasteiger partial charge >= 0.3 is 5.97 Å². The van der Waals surface area contributed by atoms with Crippen LogP contribution in [-0.2, 0) is 14.3 Å². The van der Waals surface area contributed by atoms with E-state index in [1.165, 1.54) is 18.9 Å². The molecule has 0 bridgehead atoms. The van der Waals surface area contributed by atoms with Gasteiger partial charge in [-0.05, 0) is 38.1 Å². The van der Waals surface area contributed by atoms with Crippen LogP contribution in [-0.4, -0.2) is 28.9 Å². The maximum absolute atomic E-state index is 12.4. The summed E-state index contributed by atoms with van der Waals surface area (Å²) in [4.78, 5) is 31.5. The van der Waals surface area contributed by atoms with Crippen LogP contribution in [0.15, 0.2) is 57.2 Å². The number of hydrogen-bond donors (Lipinski definition) is 0. The van der Waals surface area contributed by atoms with Crippen LogP contribution in [0, 0.1) is 0 Å². The SMILES string of the molecule is COC(=O)C1=C(C)N=C2SC(C(C)=O)=C(C)N2[C@@H]1c1ccccc1. The molecule has 3 rings (SSSR count). The van der Waals surface area contributed by atoms with Crippen molar-refractivity contribution in [3.63, 3.8) is 0 Å². The van der Waals surface area contributed by atoms with E-state index < -0.39 is 5.97 Å². The Balaban J connectivity index is 2.21. The average Bonchev–Trinajstić information content (AvgIpc) is 2.90. The zero-order valence-corrected chi connectivity index (χ0v) is 14.8. The fraction of sp³-hybridized carbons (Fsp3) is 0.278. The Morgan fingerprint density at radius 2 is 1.88 bits per heavy atom. The first-order valence-corrected chi connectivity index (χ1v) is 8.39. The van der Waals surface area contributed by atoms with Gasteiger partial charge in [0.05, 0.1) is 29.3 Å². The van der Waals surface area contributed by atoms with Crippen LogP contribution in [0.1, 0.15) is 32.4 Å². The third-order valence-electron chi connectivity index (χ3n) is 4.11. The number of amidine groups is 1. The largest absolute Gasteiger partial charge is 0.466 e. The number of thioether (sulfide) groups is 1. The highest BCUT2D eigenvalue weighted by molar-refractivity contribution is 8.18. The molecular weight excluding hydrogens is 324 g/mol. The number of allylic oxidation sites excluding steroid dienone is 3. The molecule has 24 heavy (non-hydrogen) atoms. The van der Waals surface area contributed by atoms with Crippen LogP contribution in [0.5, 0.6) is 0 Å². The third kappa shape index (κ3) is 2.57.